The molecule has 0 amide bonds. The molecule has 0 N–H and O–H groups in total. The summed E-state index contributed by atoms with van der Waals surface area (Å²) in [5.74, 6) is 2.06. The van der Waals surface area contributed by atoms with Crippen molar-refractivity contribution < 1.29 is 4.39 Å². The number of benzene rings is 1. The summed E-state index contributed by atoms with van der Waals surface area (Å²) in [6.07, 6.45) is 2.59. The third-order valence-corrected chi connectivity index (χ3v) is 3.73. The molecule has 0 saturated carbocycles. The Morgan fingerprint density at radius 3 is 2.50 bits per heavy atom. The molecule has 0 atom stereocenters. The van der Waals surface area contributed by atoms with Crippen LogP contribution < -0.4 is 0 Å². The van der Waals surface area contributed by atoms with Gasteiger partial charge in [0.15, 0.2) is 0 Å². The molecule has 0 heterocycles. The third kappa shape index (κ3) is 5.20. The van der Waals surface area contributed by atoms with E-state index in [4.69, 9.17) is 0 Å². The van der Waals surface area contributed by atoms with Crippen molar-refractivity contribution in [2.75, 3.05) is 10.2 Å². The molecule has 0 aliphatic rings. The summed E-state index contributed by atoms with van der Waals surface area (Å²) in [6.45, 7) is 0. The summed E-state index contributed by atoms with van der Waals surface area (Å²) >= 11 is 4.33. The Balaban J connectivity index is 2.15. The van der Waals surface area contributed by atoms with E-state index in [1.54, 1.807) is 0 Å². The highest BCUT2D eigenvalue weighted by Gasteiger charge is 1.94. The Morgan fingerprint density at radius 1 is 1.14 bits per heavy atom. The molecule has 78 valence electrons. The molecule has 0 aliphatic heterocycles. The maximum Gasteiger partial charge on any atom is 0.123 e. The minimum Gasteiger partial charge on any atom is -0.207 e. The number of unbranched alkanes of at least 4 members (excludes halogenated alkanes) is 1. The van der Waals surface area contributed by atoms with Crippen LogP contribution in [-0.4, -0.2) is 10.2 Å². The molecule has 0 unspecified atom stereocenters. The van der Waals surface area contributed by atoms with Gasteiger partial charge in [0.1, 0.15) is 5.82 Å². The predicted molar refractivity (Wildman–Crippen MR) is 70.7 cm³/mol. The normalized spacial score (nSPS) is 10.4. The van der Waals surface area contributed by atoms with E-state index in [-0.39, 0.29) is 5.82 Å². The Kier molecular flexibility index (Phi) is 6.60. The Bertz CT molecular complexity index is 248. The summed E-state index contributed by atoms with van der Waals surface area (Å²) in [5, 5.41) is 0. The van der Waals surface area contributed by atoms with Crippen LogP contribution >= 0.6 is 34.4 Å². The van der Waals surface area contributed by atoms with Gasteiger partial charge in [-0.1, -0.05) is 34.7 Å². The largest absolute Gasteiger partial charge is 0.207 e. The average Bonchev–Trinajstić information content (AvgIpc) is 2.21. The predicted octanol–water partition coefficient (Wildman–Crippen LogP) is 4.27. The van der Waals surface area contributed by atoms with Crippen LogP contribution in [0.4, 0.5) is 4.39 Å². The van der Waals surface area contributed by atoms with Crippen molar-refractivity contribution in [3.63, 3.8) is 0 Å². The molecule has 1 aromatic rings. The summed E-state index contributed by atoms with van der Waals surface area (Å²) in [7, 11) is 0. The fraction of sp³-hybridized carbons (Fsp3) is 0.455. The van der Waals surface area contributed by atoms with E-state index >= 15 is 0 Å². The Hall–Kier alpha value is 0.230. The standard InChI is InChI=1S/C11H14FIS/c12-11-5-3-10(4-6-11)9-14-8-2-1-7-13/h3-6H,1-2,7-9H2. The first-order chi connectivity index (χ1) is 6.83. The maximum atomic E-state index is 12.6. The summed E-state index contributed by atoms with van der Waals surface area (Å²) in [6, 6.07) is 6.78. The van der Waals surface area contributed by atoms with Crippen molar-refractivity contribution in [3.05, 3.63) is 35.6 Å². The fourth-order valence-corrected chi connectivity index (χ4v) is 2.59. The van der Waals surface area contributed by atoms with Gasteiger partial charge in [-0.25, -0.2) is 4.39 Å². The molecule has 1 aromatic carbocycles. The fourth-order valence-electron chi connectivity index (χ4n) is 1.07. The van der Waals surface area contributed by atoms with E-state index in [1.165, 1.54) is 40.7 Å². The van der Waals surface area contributed by atoms with Gasteiger partial charge in [-0.2, -0.15) is 11.8 Å². The van der Waals surface area contributed by atoms with Crippen LogP contribution in [0.2, 0.25) is 0 Å². The number of alkyl halides is 1. The number of halogens is 2. The van der Waals surface area contributed by atoms with Gasteiger partial charge in [0.05, 0.1) is 0 Å². The van der Waals surface area contributed by atoms with Gasteiger partial charge in [0.2, 0.25) is 0 Å². The minimum absolute atomic E-state index is 0.149. The number of hydrogen-bond acceptors (Lipinski definition) is 1. The van der Waals surface area contributed by atoms with Crippen molar-refractivity contribution in [2.45, 2.75) is 18.6 Å². The van der Waals surface area contributed by atoms with E-state index in [0.717, 1.165) is 5.75 Å². The van der Waals surface area contributed by atoms with Crippen LogP contribution in [0.3, 0.4) is 0 Å². The third-order valence-electron chi connectivity index (χ3n) is 1.85. The first-order valence-corrected chi connectivity index (χ1v) is 7.39. The summed E-state index contributed by atoms with van der Waals surface area (Å²) < 4.78 is 13.8. The van der Waals surface area contributed by atoms with E-state index < -0.39 is 0 Å². The molecule has 0 fully saturated rings. The molecule has 0 spiro atoms. The van der Waals surface area contributed by atoms with E-state index in [0.29, 0.717) is 0 Å². The van der Waals surface area contributed by atoms with E-state index in [1.807, 2.05) is 23.9 Å². The molecular formula is C11H14FIS. The Morgan fingerprint density at radius 2 is 1.86 bits per heavy atom. The van der Waals surface area contributed by atoms with Crippen LogP contribution in [0.5, 0.6) is 0 Å². The zero-order valence-corrected chi connectivity index (χ0v) is 11.0. The molecule has 0 aliphatic carbocycles. The molecular weight excluding hydrogens is 310 g/mol. The summed E-state index contributed by atoms with van der Waals surface area (Å²) in [4.78, 5) is 0. The lowest BCUT2D eigenvalue weighted by Gasteiger charge is -2.01. The molecule has 0 nitrogen and oxygen atoms in total. The average molecular weight is 324 g/mol. The van der Waals surface area contributed by atoms with Gasteiger partial charge in [-0.05, 0) is 40.7 Å². The second kappa shape index (κ2) is 7.51. The smallest absolute Gasteiger partial charge is 0.123 e. The van der Waals surface area contributed by atoms with Crippen LogP contribution in [0.1, 0.15) is 18.4 Å². The van der Waals surface area contributed by atoms with E-state index in [2.05, 4.69) is 22.6 Å². The first-order valence-electron chi connectivity index (χ1n) is 4.71. The maximum absolute atomic E-state index is 12.6. The zero-order chi connectivity index (χ0) is 10.2. The van der Waals surface area contributed by atoms with Crippen LogP contribution in [0, 0.1) is 5.82 Å². The molecule has 0 radical (unpaired) electrons. The van der Waals surface area contributed by atoms with Gasteiger partial charge < -0.3 is 0 Å². The molecule has 3 heteroatoms. The van der Waals surface area contributed by atoms with Gasteiger partial charge >= 0.3 is 0 Å². The number of rotatable bonds is 6. The van der Waals surface area contributed by atoms with Gasteiger partial charge in [0, 0.05) is 5.75 Å². The summed E-state index contributed by atoms with van der Waals surface area (Å²) in [5.41, 5.74) is 1.21. The molecule has 0 saturated heterocycles. The van der Waals surface area contributed by atoms with Crippen molar-refractivity contribution in [1.82, 2.24) is 0 Å². The minimum atomic E-state index is -0.149. The highest BCUT2D eigenvalue weighted by atomic mass is 127. The van der Waals surface area contributed by atoms with Crippen molar-refractivity contribution >= 4 is 34.4 Å². The topological polar surface area (TPSA) is 0 Å². The quantitative estimate of drug-likeness (QED) is 0.428. The lowest BCUT2D eigenvalue weighted by atomic mass is 10.2. The molecule has 14 heavy (non-hydrogen) atoms. The van der Waals surface area contributed by atoms with Crippen molar-refractivity contribution in [1.29, 1.82) is 0 Å². The second-order valence-electron chi connectivity index (χ2n) is 3.08. The molecule has 1 rings (SSSR count). The highest BCUT2D eigenvalue weighted by Crippen LogP contribution is 2.14. The van der Waals surface area contributed by atoms with Crippen LogP contribution in [0.15, 0.2) is 24.3 Å². The van der Waals surface area contributed by atoms with Gasteiger partial charge in [-0.3, -0.25) is 0 Å². The van der Waals surface area contributed by atoms with Gasteiger partial charge in [0.25, 0.3) is 0 Å². The lowest BCUT2D eigenvalue weighted by molar-refractivity contribution is 0.627. The second-order valence-corrected chi connectivity index (χ2v) is 5.26. The number of hydrogen-bond donors (Lipinski definition) is 0. The molecule has 0 aromatic heterocycles. The molecule has 0 bridgehead atoms. The monoisotopic (exact) mass is 324 g/mol. The van der Waals surface area contributed by atoms with Crippen LogP contribution in [0.25, 0.3) is 0 Å². The SMILES string of the molecule is Fc1ccc(CSCCCCI)cc1. The lowest BCUT2D eigenvalue weighted by Crippen LogP contribution is -1.85. The van der Waals surface area contributed by atoms with Crippen molar-refractivity contribution in [2.24, 2.45) is 0 Å². The van der Waals surface area contributed by atoms with Gasteiger partial charge in [-0.15, -0.1) is 0 Å². The van der Waals surface area contributed by atoms with Crippen LogP contribution in [-0.2, 0) is 5.75 Å². The number of thioether (sulfide) groups is 1. The van der Waals surface area contributed by atoms with Crippen molar-refractivity contribution in [3.8, 4) is 0 Å². The highest BCUT2D eigenvalue weighted by molar-refractivity contribution is 14.1. The van der Waals surface area contributed by atoms with E-state index in [9.17, 15) is 4.39 Å². The first kappa shape index (κ1) is 12.3. The Labute approximate surface area is 103 Å². The zero-order valence-electron chi connectivity index (χ0n) is 8.01.